The highest BCUT2D eigenvalue weighted by Gasteiger charge is 2.21. The Bertz CT molecular complexity index is 1290. The Morgan fingerprint density at radius 3 is 2.91 bits per heavy atom. The fourth-order valence-electron chi connectivity index (χ4n) is 4.16. The first kappa shape index (κ1) is 20.9. The molecule has 1 aliphatic heterocycles. The molecule has 0 radical (unpaired) electrons. The molecule has 5 rings (SSSR count). The second-order valence-electron chi connectivity index (χ2n) is 7.71. The van der Waals surface area contributed by atoms with Crippen molar-refractivity contribution in [2.24, 2.45) is 0 Å². The van der Waals surface area contributed by atoms with E-state index in [1.165, 1.54) is 34.6 Å². The maximum atomic E-state index is 14.0. The van der Waals surface area contributed by atoms with Gasteiger partial charge < -0.3 is 19.9 Å². The molecule has 0 saturated heterocycles. The number of hydrogen-bond acceptors (Lipinski definition) is 6. The smallest absolute Gasteiger partial charge is 0.221 e. The van der Waals surface area contributed by atoms with Crippen LogP contribution in [0.4, 0.5) is 4.39 Å². The van der Waals surface area contributed by atoms with Gasteiger partial charge in [-0.1, -0.05) is 12.1 Å². The lowest BCUT2D eigenvalue weighted by Crippen LogP contribution is -2.23. The Hall–Kier alpha value is -3.00. The van der Waals surface area contributed by atoms with Crippen molar-refractivity contribution >= 4 is 21.4 Å². The number of nitrogens with one attached hydrogen (secondary N) is 1. The third-order valence-corrected chi connectivity index (χ3v) is 6.64. The summed E-state index contributed by atoms with van der Waals surface area (Å²) < 4.78 is 25.7. The maximum absolute atomic E-state index is 14.0. The van der Waals surface area contributed by atoms with Crippen LogP contribution < -0.4 is 10.1 Å². The van der Waals surface area contributed by atoms with E-state index in [0.717, 1.165) is 40.9 Å². The molecule has 2 N–H and O–H groups in total. The molecular formula is C25H23FN2O3S. The number of aromatic hydroxyl groups is 1. The molecule has 0 atom stereocenters. The first-order valence-corrected chi connectivity index (χ1v) is 11.4. The second kappa shape index (κ2) is 8.86. The molecule has 3 heterocycles. The van der Waals surface area contributed by atoms with Crippen molar-refractivity contribution in [1.29, 1.82) is 0 Å². The average Bonchev–Trinajstić information content (AvgIpc) is 3.29. The van der Waals surface area contributed by atoms with Gasteiger partial charge in [0.25, 0.3) is 0 Å². The van der Waals surface area contributed by atoms with Crippen molar-refractivity contribution in [3.05, 3.63) is 64.8 Å². The zero-order valence-corrected chi connectivity index (χ0v) is 18.5. The predicted octanol–water partition coefficient (Wildman–Crippen LogP) is 5.15. The minimum Gasteiger partial charge on any atom is -0.493 e. The topological polar surface area (TPSA) is 63.6 Å². The number of halogens is 1. The highest BCUT2D eigenvalue weighted by molar-refractivity contribution is 7.17. The number of thiophene rings is 1. The quantitative estimate of drug-likeness (QED) is 0.398. The summed E-state index contributed by atoms with van der Waals surface area (Å²) in [4.78, 5) is 4.60. The van der Waals surface area contributed by atoms with Crippen LogP contribution in [0.2, 0.25) is 0 Å². The number of hydrogen-bond donors (Lipinski definition) is 2. The van der Waals surface area contributed by atoms with Crippen molar-refractivity contribution in [2.75, 3.05) is 26.9 Å². The van der Waals surface area contributed by atoms with Crippen LogP contribution >= 0.6 is 11.3 Å². The zero-order valence-electron chi connectivity index (χ0n) is 17.7. The van der Waals surface area contributed by atoms with Gasteiger partial charge in [-0.15, -0.1) is 11.3 Å². The third kappa shape index (κ3) is 3.83. The maximum Gasteiger partial charge on any atom is 0.221 e. The number of nitrogens with zero attached hydrogens (tertiary/aromatic N) is 1. The lowest BCUT2D eigenvalue weighted by molar-refractivity contribution is 0.146. The van der Waals surface area contributed by atoms with Crippen LogP contribution in [0.5, 0.6) is 11.6 Å². The van der Waals surface area contributed by atoms with Crippen molar-refractivity contribution < 1.29 is 19.0 Å². The second-order valence-corrected chi connectivity index (χ2v) is 8.63. The Balaban J connectivity index is 1.64. The van der Waals surface area contributed by atoms with Gasteiger partial charge >= 0.3 is 0 Å². The van der Waals surface area contributed by atoms with Crippen LogP contribution in [0.3, 0.4) is 0 Å². The van der Waals surface area contributed by atoms with Gasteiger partial charge in [0.15, 0.2) is 0 Å². The zero-order chi connectivity index (χ0) is 22.1. The van der Waals surface area contributed by atoms with Crippen molar-refractivity contribution in [3.8, 4) is 34.0 Å². The highest BCUT2D eigenvalue weighted by atomic mass is 32.1. The number of pyridine rings is 1. The summed E-state index contributed by atoms with van der Waals surface area (Å²) in [5.41, 5.74) is 5.48. The largest absolute Gasteiger partial charge is 0.493 e. The lowest BCUT2D eigenvalue weighted by Gasteiger charge is -2.18. The van der Waals surface area contributed by atoms with E-state index in [-0.39, 0.29) is 12.5 Å². The Morgan fingerprint density at radius 1 is 1.12 bits per heavy atom. The fourth-order valence-corrected chi connectivity index (χ4v) is 5.11. The lowest BCUT2D eigenvalue weighted by atomic mass is 9.95. The first-order valence-electron chi connectivity index (χ1n) is 10.5. The summed E-state index contributed by atoms with van der Waals surface area (Å²) >= 11 is 1.52. The third-order valence-electron chi connectivity index (χ3n) is 5.71. The predicted molar refractivity (Wildman–Crippen MR) is 125 cm³/mol. The molecular weight excluding hydrogens is 427 g/mol. The number of benzene rings is 2. The first-order chi connectivity index (χ1) is 15.7. The number of aromatic nitrogens is 1. The molecule has 0 saturated carbocycles. The number of ether oxygens (including phenoxy) is 2. The molecule has 0 aliphatic carbocycles. The van der Waals surface area contributed by atoms with E-state index in [2.05, 4.69) is 28.5 Å². The van der Waals surface area contributed by atoms with Crippen LogP contribution in [-0.2, 0) is 17.7 Å². The Labute approximate surface area is 189 Å². The molecule has 2 aromatic carbocycles. The molecule has 32 heavy (non-hydrogen) atoms. The Morgan fingerprint density at radius 2 is 2.03 bits per heavy atom. The number of fused-ring (bicyclic) bond motifs is 2. The molecule has 0 bridgehead atoms. The van der Waals surface area contributed by atoms with Gasteiger partial charge in [0.2, 0.25) is 5.88 Å². The van der Waals surface area contributed by atoms with Crippen LogP contribution in [-0.4, -0.2) is 37.0 Å². The number of rotatable bonds is 6. The van der Waals surface area contributed by atoms with Gasteiger partial charge in [-0.25, -0.2) is 9.37 Å². The summed E-state index contributed by atoms with van der Waals surface area (Å²) in [5, 5.41) is 17.4. The molecule has 0 fully saturated rings. The summed E-state index contributed by atoms with van der Waals surface area (Å²) in [5.74, 6) is -0.156. The van der Waals surface area contributed by atoms with E-state index in [9.17, 15) is 9.50 Å². The SMILES string of the molecule is COCCOc1cc(F)ccc1-c1c(O)nc(-c2ccc3c(c2)CCNC3)c2ccsc12. The van der Waals surface area contributed by atoms with E-state index in [1.807, 2.05) is 11.4 Å². The molecule has 0 amide bonds. The molecule has 0 spiro atoms. The minimum absolute atomic E-state index is 0.0995. The van der Waals surface area contributed by atoms with Crippen molar-refractivity contribution in [1.82, 2.24) is 10.3 Å². The molecule has 4 aromatic rings. The van der Waals surface area contributed by atoms with Gasteiger partial charge in [0, 0.05) is 40.9 Å². The van der Waals surface area contributed by atoms with Crippen molar-refractivity contribution in [2.45, 2.75) is 13.0 Å². The normalized spacial score (nSPS) is 13.3. The monoisotopic (exact) mass is 450 g/mol. The van der Waals surface area contributed by atoms with E-state index in [4.69, 9.17) is 9.47 Å². The minimum atomic E-state index is -0.406. The highest BCUT2D eigenvalue weighted by Crippen LogP contribution is 2.45. The summed E-state index contributed by atoms with van der Waals surface area (Å²) in [6, 6.07) is 12.7. The average molecular weight is 451 g/mol. The molecule has 0 unspecified atom stereocenters. The van der Waals surface area contributed by atoms with Gasteiger partial charge in [0.1, 0.15) is 18.2 Å². The van der Waals surface area contributed by atoms with E-state index in [0.29, 0.717) is 23.5 Å². The van der Waals surface area contributed by atoms with Crippen LogP contribution in [0.15, 0.2) is 47.8 Å². The van der Waals surface area contributed by atoms with Gasteiger partial charge in [-0.2, -0.15) is 0 Å². The van der Waals surface area contributed by atoms with E-state index >= 15 is 0 Å². The van der Waals surface area contributed by atoms with E-state index < -0.39 is 5.82 Å². The van der Waals surface area contributed by atoms with Crippen LogP contribution in [0.25, 0.3) is 32.5 Å². The molecule has 5 nitrogen and oxygen atoms in total. The van der Waals surface area contributed by atoms with Gasteiger partial charge in [0.05, 0.1) is 17.9 Å². The standard InChI is InChI=1S/C25H23FN2O3S/c1-30-9-10-31-21-13-18(26)4-5-19(21)22-24-20(7-11-32-24)23(28-25(22)29)16-2-3-17-14-27-8-6-15(17)12-16/h2-5,7,11-13,27H,6,8-10,14H2,1H3,(H,28,29). The Kier molecular flexibility index (Phi) is 5.78. The molecule has 7 heteroatoms. The van der Waals surface area contributed by atoms with Crippen LogP contribution in [0.1, 0.15) is 11.1 Å². The van der Waals surface area contributed by atoms with Crippen molar-refractivity contribution in [3.63, 3.8) is 0 Å². The summed E-state index contributed by atoms with van der Waals surface area (Å²) in [6.07, 6.45) is 0.970. The van der Waals surface area contributed by atoms with Gasteiger partial charge in [-0.05, 0) is 53.7 Å². The molecule has 1 aliphatic rings. The summed E-state index contributed by atoms with van der Waals surface area (Å²) in [7, 11) is 1.58. The van der Waals surface area contributed by atoms with Gasteiger partial charge in [-0.3, -0.25) is 0 Å². The van der Waals surface area contributed by atoms with E-state index in [1.54, 1.807) is 13.2 Å². The molecule has 2 aromatic heterocycles. The summed E-state index contributed by atoms with van der Waals surface area (Å²) in [6.45, 7) is 2.48. The number of methoxy groups -OCH3 is 1. The molecule has 164 valence electrons. The fraction of sp³-hybridized carbons (Fsp3) is 0.240. The van der Waals surface area contributed by atoms with Crippen LogP contribution in [0, 0.1) is 5.82 Å².